The number of nitrogens with zero attached hydrogens (tertiary/aromatic N) is 2. The molecule has 0 heterocycles. The van der Waals surface area contributed by atoms with Crippen LogP contribution in [-0.4, -0.2) is 12.6 Å². The molecule has 0 aliphatic heterocycles. The molecule has 4 heteroatoms. The van der Waals surface area contributed by atoms with Crippen molar-refractivity contribution in [2.45, 2.75) is 38.3 Å². The van der Waals surface area contributed by atoms with Crippen molar-refractivity contribution in [3.05, 3.63) is 29.6 Å². The standard InChI is InChI=1S/C14H18FN3/c1-10(17)13-9-11(15)3-6-14(13)18(8-2-7-16)12-4-5-12/h3,6,9-10,12H,2,4-5,8,17H2,1H3. The zero-order chi connectivity index (χ0) is 13.1. The van der Waals surface area contributed by atoms with Crippen LogP contribution in [0.1, 0.15) is 37.8 Å². The molecule has 1 aromatic rings. The number of nitriles is 1. The highest BCUT2D eigenvalue weighted by Gasteiger charge is 2.30. The van der Waals surface area contributed by atoms with E-state index >= 15 is 0 Å². The molecule has 1 aliphatic rings. The number of nitrogens with two attached hydrogens (primary N) is 1. The second kappa shape index (κ2) is 5.36. The van der Waals surface area contributed by atoms with Crippen LogP contribution in [0.5, 0.6) is 0 Å². The Kier molecular flexibility index (Phi) is 3.83. The largest absolute Gasteiger partial charge is 0.367 e. The Morgan fingerprint density at radius 3 is 2.83 bits per heavy atom. The van der Waals surface area contributed by atoms with E-state index in [2.05, 4.69) is 11.0 Å². The SMILES string of the molecule is CC(N)c1cc(F)ccc1N(CCC#N)C1CC1. The summed E-state index contributed by atoms with van der Waals surface area (Å²) in [5.41, 5.74) is 7.71. The molecule has 0 radical (unpaired) electrons. The summed E-state index contributed by atoms with van der Waals surface area (Å²) in [5, 5.41) is 8.73. The van der Waals surface area contributed by atoms with Gasteiger partial charge in [0.25, 0.3) is 0 Å². The molecular formula is C14H18FN3. The van der Waals surface area contributed by atoms with Gasteiger partial charge in [-0.15, -0.1) is 0 Å². The minimum atomic E-state index is -0.262. The van der Waals surface area contributed by atoms with Crippen molar-refractivity contribution in [3.8, 4) is 6.07 Å². The molecule has 2 rings (SSSR count). The van der Waals surface area contributed by atoms with Crippen LogP contribution < -0.4 is 10.6 Å². The smallest absolute Gasteiger partial charge is 0.123 e. The zero-order valence-electron chi connectivity index (χ0n) is 10.6. The molecule has 1 atom stereocenters. The number of anilines is 1. The number of rotatable bonds is 5. The molecule has 0 amide bonds. The van der Waals surface area contributed by atoms with E-state index < -0.39 is 0 Å². The number of halogens is 1. The molecule has 1 saturated carbocycles. The Balaban J connectivity index is 2.31. The Hall–Kier alpha value is -1.60. The fourth-order valence-corrected chi connectivity index (χ4v) is 2.21. The van der Waals surface area contributed by atoms with Crippen molar-refractivity contribution < 1.29 is 4.39 Å². The first-order valence-corrected chi connectivity index (χ1v) is 6.32. The van der Waals surface area contributed by atoms with Crippen molar-refractivity contribution in [2.75, 3.05) is 11.4 Å². The average Bonchev–Trinajstić information content (AvgIpc) is 3.15. The van der Waals surface area contributed by atoms with Gasteiger partial charge in [0.15, 0.2) is 0 Å². The van der Waals surface area contributed by atoms with Crippen LogP contribution in [0.4, 0.5) is 10.1 Å². The van der Waals surface area contributed by atoms with Crippen molar-refractivity contribution >= 4 is 5.69 Å². The highest BCUT2D eigenvalue weighted by molar-refractivity contribution is 5.56. The Bertz CT molecular complexity index is 461. The third-order valence-electron chi connectivity index (χ3n) is 3.24. The van der Waals surface area contributed by atoms with Gasteiger partial charge in [0.2, 0.25) is 0 Å². The van der Waals surface area contributed by atoms with E-state index in [1.54, 1.807) is 6.07 Å². The van der Waals surface area contributed by atoms with Gasteiger partial charge >= 0.3 is 0 Å². The first-order valence-electron chi connectivity index (χ1n) is 6.32. The lowest BCUT2D eigenvalue weighted by Crippen LogP contribution is -2.28. The minimum absolute atomic E-state index is 0.209. The van der Waals surface area contributed by atoms with Gasteiger partial charge in [-0.1, -0.05) is 0 Å². The first-order chi connectivity index (χ1) is 8.63. The maximum absolute atomic E-state index is 13.3. The van der Waals surface area contributed by atoms with Crippen molar-refractivity contribution in [1.82, 2.24) is 0 Å². The van der Waals surface area contributed by atoms with E-state index in [4.69, 9.17) is 11.0 Å². The lowest BCUT2D eigenvalue weighted by Gasteiger charge is -2.27. The molecule has 0 spiro atoms. The quantitative estimate of drug-likeness (QED) is 0.870. The second-order valence-corrected chi connectivity index (χ2v) is 4.82. The van der Waals surface area contributed by atoms with E-state index in [0.29, 0.717) is 19.0 Å². The minimum Gasteiger partial charge on any atom is -0.367 e. The van der Waals surface area contributed by atoms with Crippen molar-refractivity contribution in [1.29, 1.82) is 5.26 Å². The lowest BCUT2D eigenvalue weighted by molar-refractivity contribution is 0.621. The lowest BCUT2D eigenvalue weighted by atomic mass is 10.1. The summed E-state index contributed by atoms with van der Waals surface area (Å²) in [6.45, 7) is 2.54. The molecule has 96 valence electrons. The second-order valence-electron chi connectivity index (χ2n) is 4.82. The van der Waals surface area contributed by atoms with E-state index in [-0.39, 0.29) is 11.9 Å². The van der Waals surface area contributed by atoms with Crippen LogP contribution in [0.3, 0.4) is 0 Å². The van der Waals surface area contributed by atoms with E-state index in [1.807, 2.05) is 6.92 Å². The maximum Gasteiger partial charge on any atom is 0.123 e. The molecule has 1 aliphatic carbocycles. The normalized spacial score (nSPS) is 16.1. The Morgan fingerprint density at radius 2 is 2.28 bits per heavy atom. The van der Waals surface area contributed by atoms with Crippen LogP contribution in [0.15, 0.2) is 18.2 Å². The molecule has 0 bridgehead atoms. The highest BCUT2D eigenvalue weighted by atomic mass is 19.1. The van der Waals surface area contributed by atoms with Gasteiger partial charge in [-0.05, 0) is 43.5 Å². The topological polar surface area (TPSA) is 53.0 Å². The monoisotopic (exact) mass is 247 g/mol. The zero-order valence-corrected chi connectivity index (χ0v) is 10.6. The highest BCUT2D eigenvalue weighted by Crippen LogP contribution is 2.35. The van der Waals surface area contributed by atoms with Crippen LogP contribution >= 0.6 is 0 Å². The summed E-state index contributed by atoms with van der Waals surface area (Å²) < 4.78 is 13.3. The van der Waals surface area contributed by atoms with Gasteiger partial charge in [-0.3, -0.25) is 0 Å². The van der Waals surface area contributed by atoms with Crippen LogP contribution in [0.2, 0.25) is 0 Å². The van der Waals surface area contributed by atoms with Gasteiger partial charge in [0, 0.05) is 24.3 Å². The third kappa shape index (κ3) is 2.80. The summed E-state index contributed by atoms with van der Waals surface area (Å²) in [7, 11) is 0. The summed E-state index contributed by atoms with van der Waals surface area (Å²) in [6.07, 6.45) is 2.76. The Labute approximate surface area is 107 Å². The molecular weight excluding hydrogens is 229 g/mol. The molecule has 1 unspecified atom stereocenters. The van der Waals surface area contributed by atoms with Gasteiger partial charge < -0.3 is 10.6 Å². The van der Waals surface area contributed by atoms with Crippen LogP contribution in [0.25, 0.3) is 0 Å². The predicted molar refractivity (Wildman–Crippen MR) is 69.6 cm³/mol. The fraction of sp³-hybridized carbons (Fsp3) is 0.500. The van der Waals surface area contributed by atoms with Gasteiger partial charge in [-0.2, -0.15) is 5.26 Å². The van der Waals surface area contributed by atoms with Gasteiger partial charge in [-0.25, -0.2) is 4.39 Å². The predicted octanol–water partition coefficient (Wildman–Crippen LogP) is 2.73. The molecule has 3 nitrogen and oxygen atoms in total. The maximum atomic E-state index is 13.3. The van der Waals surface area contributed by atoms with Crippen molar-refractivity contribution in [3.63, 3.8) is 0 Å². The fourth-order valence-electron chi connectivity index (χ4n) is 2.21. The average molecular weight is 247 g/mol. The molecule has 18 heavy (non-hydrogen) atoms. The molecule has 0 aromatic heterocycles. The van der Waals surface area contributed by atoms with Crippen LogP contribution in [0, 0.1) is 17.1 Å². The molecule has 2 N–H and O–H groups in total. The number of benzene rings is 1. The van der Waals surface area contributed by atoms with E-state index in [1.165, 1.54) is 12.1 Å². The summed E-state index contributed by atoms with van der Waals surface area (Å²) in [6, 6.07) is 7.19. The Morgan fingerprint density at radius 1 is 1.56 bits per heavy atom. The van der Waals surface area contributed by atoms with Crippen molar-refractivity contribution in [2.24, 2.45) is 5.73 Å². The third-order valence-corrected chi connectivity index (χ3v) is 3.24. The molecule has 0 saturated heterocycles. The van der Waals surface area contributed by atoms with E-state index in [0.717, 1.165) is 24.1 Å². The van der Waals surface area contributed by atoms with Gasteiger partial charge in [0.05, 0.1) is 12.5 Å². The molecule has 1 aromatic carbocycles. The number of hydrogen-bond acceptors (Lipinski definition) is 3. The summed E-state index contributed by atoms with van der Waals surface area (Å²) in [4.78, 5) is 2.20. The summed E-state index contributed by atoms with van der Waals surface area (Å²) >= 11 is 0. The number of hydrogen-bond donors (Lipinski definition) is 1. The van der Waals surface area contributed by atoms with E-state index in [9.17, 15) is 4.39 Å². The first kappa shape index (κ1) is 12.8. The van der Waals surface area contributed by atoms with Gasteiger partial charge in [0.1, 0.15) is 5.82 Å². The molecule has 1 fully saturated rings. The van der Waals surface area contributed by atoms with Crippen LogP contribution in [-0.2, 0) is 0 Å². The summed E-state index contributed by atoms with van der Waals surface area (Å²) in [5.74, 6) is -0.262.